The molecule has 2 aromatic rings. The number of methoxy groups -OCH3 is 1. The number of cyclic esters (lactones) is 1. The zero-order valence-corrected chi connectivity index (χ0v) is 14.9. The molecule has 0 aliphatic carbocycles. The molecular weight excluding hydrogens is 330 g/mol. The van der Waals surface area contributed by atoms with Gasteiger partial charge in [0, 0.05) is 24.8 Å². The monoisotopic (exact) mass is 353 g/mol. The zero-order chi connectivity index (χ0) is 18.4. The Morgan fingerprint density at radius 3 is 2.58 bits per heavy atom. The van der Waals surface area contributed by atoms with Crippen LogP contribution in [0, 0.1) is 0 Å². The van der Waals surface area contributed by atoms with E-state index in [-0.39, 0.29) is 18.0 Å². The van der Waals surface area contributed by atoms with E-state index in [1.807, 2.05) is 54.6 Å². The highest BCUT2D eigenvalue weighted by Crippen LogP contribution is 2.22. The SMILES string of the molecule is COC[C@H]1CN(c2ccc(CCCC(=O)c3ccccc3)cc2)C(=O)O1. The van der Waals surface area contributed by atoms with Crippen molar-refractivity contribution in [1.82, 2.24) is 0 Å². The number of benzene rings is 2. The van der Waals surface area contributed by atoms with E-state index in [0.29, 0.717) is 19.6 Å². The fraction of sp³-hybridized carbons (Fsp3) is 0.333. The van der Waals surface area contributed by atoms with Crippen molar-refractivity contribution in [3.8, 4) is 0 Å². The molecule has 2 aromatic carbocycles. The Hall–Kier alpha value is -2.66. The Morgan fingerprint density at radius 2 is 1.88 bits per heavy atom. The van der Waals surface area contributed by atoms with E-state index in [0.717, 1.165) is 29.7 Å². The Morgan fingerprint density at radius 1 is 1.15 bits per heavy atom. The van der Waals surface area contributed by atoms with Gasteiger partial charge in [0.1, 0.15) is 6.10 Å². The molecule has 1 heterocycles. The Labute approximate surface area is 153 Å². The quantitative estimate of drug-likeness (QED) is 0.676. The highest BCUT2D eigenvalue weighted by molar-refractivity contribution is 5.96. The molecule has 0 N–H and O–H groups in total. The van der Waals surface area contributed by atoms with Crippen LogP contribution in [0.25, 0.3) is 0 Å². The Bertz CT molecular complexity index is 742. The van der Waals surface area contributed by atoms with Gasteiger partial charge in [0.05, 0.1) is 13.2 Å². The van der Waals surface area contributed by atoms with Crippen LogP contribution in [-0.4, -0.2) is 38.2 Å². The molecule has 1 amide bonds. The summed E-state index contributed by atoms with van der Waals surface area (Å²) in [6.45, 7) is 0.896. The average Bonchev–Trinajstić information content (AvgIpc) is 3.03. The number of hydrogen-bond acceptors (Lipinski definition) is 4. The molecule has 0 saturated carbocycles. The van der Waals surface area contributed by atoms with Crippen LogP contribution in [0.3, 0.4) is 0 Å². The maximum Gasteiger partial charge on any atom is 0.414 e. The normalized spacial score (nSPS) is 16.6. The van der Waals surface area contributed by atoms with E-state index in [1.165, 1.54) is 0 Å². The number of ketones is 1. The number of anilines is 1. The molecular formula is C21H23NO4. The van der Waals surface area contributed by atoms with Crippen molar-refractivity contribution in [2.45, 2.75) is 25.4 Å². The summed E-state index contributed by atoms with van der Waals surface area (Å²) in [6, 6.07) is 17.2. The maximum atomic E-state index is 12.1. The van der Waals surface area contributed by atoms with Gasteiger partial charge in [-0.1, -0.05) is 42.5 Å². The van der Waals surface area contributed by atoms with Gasteiger partial charge in [0.25, 0.3) is 0 Å². The van der Waals surface area contributed by atoms with Gasteiger partial charge in [-0.2, -0.15) is 0 Å². The van der Waals surface area contributed by atoms with Crippen LogP contribution < -0.4 is 4.90 Å². The maximum absolute atomic E-state index is 12.1. The third-order valence-corrected chi connectivity index (χ3v) is 4.44. The molecule has 1 atom stereocenters. The second-order valence-corrected chi connectivity index (χ2v) is 6.38. The van der Waals surface area contributed by atoms with E-state index >= 15 is 0 Å². The number of carbonyl (C=O) groups excluding carboxylic acids is 2. The number of Topliss-reactive ketones (excluding diaryl/α,β-unsaturated/α-hetero) is 1. The van der Waals surface area contributed by atoms with Crippen LogP contribution in [0.5, 0.6) is 0 Å². The summed E-state index contributed by atoms with van der Waals surface area (Å²) in [6.07, 6.45) is 1.59. The number of hydrogen-bond donors (Lipinski definition) is 0. The summed E-state index contributed by atoms with van der Waals surface area (Å²) in [5.74, 6) is 0.172. The molecule has 0 spiro atoms. The standard InChI is InChI=1S/C21H23NO4/c1-25-15-19-14-22(21(24)26-19)18-12-10-16(11-13-18)6-5-9-20(23)17-7-3-2-4-8-17/h2-4,7-8,10-13,19H,5-6,9,14-15H2,1H3/t19-/m1/s1. The number of carbonyl (C=O) groups is 2. The summed E-state index contributed by atoms with van der Waals surface area (Å²) in [7, 11) is 1.59. The van der Waals surface area contributed by atoms with Crippen molar-refractivity contribution >= 4 is 17.6 Å². The van der Waals surface area contributed by atoms with Crippen molar-refractivity contribution in [3.05, 3.63) is 65.7 Å². The molecule has 0 bridgehead atoms. The molecule has 5 nitrogen and oxygen atoms in total. The minimum absolute atomic E-state index is 0.172. The predicted octanol–water partition coefficient (Wildman–Crippen LogP) is 3.86. The predicted molar refractivity (Wildman–Crippen MR) is 99.6 cm³/mol. The van der Waals surface area contributed by atoms with E-state index in [4.69, 9.17) is 9.47 Å². The Balaban J connectivity index is 1.50. The van der Waals surface area contributed by atoms with Crippen LogP contribution in [0.1, 0.15) is 28.8 Å². The number of amides is 1. The third kappa shape index (κ3) is 4.49. The molecule has 0 radical (unpaired) electrons. The first-order valence-corrected chi connectivity index (χ1v) is 8.81. The van der Waals surface area contributed by atoms with Crippen molar-refractivity contribution in [3.63, 3.8) is 0 Å². The summed E-state index contributed by atoms with van der Waals surface area (Å²) in [5, 5.41) is 0. The second kappa shape index (κ2) is 8.63. The van der Waals surface area contributed by atoms with Gasteiger partial charge >= 0.3 is 6.09 Å². The van der Waals surface area contributed by atoms with Gasteiger partial charge in [-0.15, -0.1) is 0 Å². The summed E-state index contributed by atoms with van der Waals surface area (Å²) in [4.78, 5) is 25.7. The van der Waals surface area contributed by atoms with E-state index in [2.05, 4.69) is 0 Å². The minimum atomic E-state index is -0.340. The minimum Gasteiger partial charge on any atom is -0.441 e. The average molecular weight is 353 g/mol. The highest BCUT2D eigenvalue weighted by atomic mass is 16.6. The van der Waals surface area contributed by atoms with Crippen molar-refractivity contribution < 1.29 is 19.1 Å². The molecule has 1 saturated heterocycles. The van der Waals surface area contributed by atoms with E-state index < -0.39 is 0 Å². The first-order valence-electron chi connectivity index (χ1n) is 8.81. The summed E-state index contributed by atoms with van der Waals surface area (Å²) >= 11 is 0. The van der Waals surface area contributed by atoms with Crippen LogP contribution in [-0.2, 0) is 15.9 Å². The van der Waals surface area contributed by atoms with Gasteiger partial charge in [0.15, 0.2) is 5.78 Å². The molecule has 1 aliphatic heterocycles. The number of rotatable bonds is 8. The molecule has 0 aromatic heterocycles. The molecule has 26 heavy (non-hydrogen) atoms. The lowest BCUT2D eigenvalue weighted by Crippen LogP contribution is -2.25. The first kappa shape index (κ1) is 18.1. The van der Waals surface area contributed by atoms with E-state index in [9.17, 15) is 9.59 Å². The van der Waals surface area contributed by atoms with Gasteiger partial charge in [0.2, 0.25) is 0 Å². The largest absolute Gasteiger partial charge is 0.441 e. The molecule has 3 rings (SSSR count). The summed E-state index contributed by atoms with van der Waals surface area (Å²) < 4.78 is 10.3. The fourth-order valence-corrected chi connectivity index (χ4v) is 3.07. The van der Waals surface area contributed by atoms with Crippen LogP contribution >= 0.6 is 0 Å². The van der Waals surface area contributed by atoms with Gasteiger partial charge in [-0.25, -0.2) is 4.79 Å². The zero-order valence-electron chi connectivity index (χ0n) is 14.9. The van der Waals surface area contributed by atoms with Crippen molar-refractivity contribution in [2.24, 2.45) is 0 Å². The number of nitrogens with zero attached hydrogens (tertiary/aromatic N) is 1. The second-order valence-electron chi connectivity index (χ2n) is 6.38. The molecule has 1 fully saturated rings. The summed E-state index contributed by atoms with van der Waals surface area (Å²) in [5.41, 5.74) is 2.73. The van der Waals surface area contributed by atoms with Crippen LogP contribution in [0.15, 0.2) is 54.6 Å². The number of ether oxygens (including phenoxy) is 2. The van der Waals surface area contributed by atoms with Crippen LogP contribution in [0.4, 0.5) is 10.5 Å². The molecule has 1 aliphatic rings. The van der Waals surface area contributed by atoms with E-state index in [1.54, 1.807) is 12.0 Å². The highest BCUT2D eigenvalue weighted by Gasteiger charge is 2.32. The molecule has 136 valence electrons. The van der Waals surface area contributed by atoms with Gasteiger partial charge in [-0.3, -0.25) is 9.69 Å². The lowest BCUT2D eigenvalue weighted by atomic mass is 10.0. The molecule has 0 unspecified atom stereocenters. The lowest BCUT2D eigenvalue weighted by Gasteiger charge is -2.13. The molecule has 5 heteroatoms. The van der Waals surface area contributed by atoms with Crippen molar-refractivity contribution in [1.29, 1.82) is 0 Å². The Kier molecular flexibility index (Phi) is 6.02. The first-order chi connectivity index (χ1) is 12.7. The third-order valence-electron chi connectivity index (χ3n) is 4.44. The smallest absolute Gasteiger partial charge is 0.414 e. The fourth-order valence-electron chi connectivity index (χ4n) is 3.07. The van der Waals surface area contributed by atoms with Crippen LogP contribution in [0.2, 0.25) is 0 Å². The van der Waals surface area contributed by atoms with Gasteiger partial charge in [-0.05, 0) is 30.5 Å². The van der Waals surface area contributed by atoms with Crippen molar-refractivity contribution in [2.75, 3.05) is 25.2 Å². The van der Waals surface area contributed by atoms with Gasteiger partial charge < -0.3 is 9.47 Å². The lowest BCUT2D eigenvalue weighted by molar-refractivity contribution is 0.0718. The topological polar surface area (TPSA) is 55.8 Å². The number of aryl methyl sites for hydroxylation is 1.